The molecule has 9 heteroatoms. The van der Waals surface area contributed by atoms with Crippen molar-refractivity contribution in [3.05, 3.63) is 58.9 Å². The SMILES string of the molecule is CC1Oc2cc(cnc2N)-c2c(CC3CC3)nn(C)c2Cc2nn(C)nc2-c2ccc(F)cc21. The van der Waals surface area contributed by atoms with E-state index in [1.165, 1.54) is 25.0 Å². The lowest BCUT2D eigenvalue weighted by atomic mass is 9.95. The quantitative estimate of drug-likeness (QED) is 0.487. The Morgan fingerprint density at radius 2 is 1.97 bits per heavy atom. The fourth-order valence-corrected chi connectivity index (χ4v) is 4.85. The van der Waals surface area contributed by atoms with Gasteiger partial charge in [0, 0.05) is 49.0 Å². The van der Waals surface area contributed by atoms with Gasteiger partial charge in [-0.05, 0) is 56.4 Å². The van der Waals surface area contributed by atoms with Gasteiger partial charge < -0.3 is 10.5 Å². The second-order valence-corrected chi connectivity index (χ2v) is 9.30. The van der Waals surface area contributed by atoms with Gasteiger partial charge in [-0.25, -0.2) is 9.37 Å². The molecule has 0 spiro atoms. The summed E-state index contributed by atoms with van der Waals surface area (Å²) < 4.78 is 22.5. The van der Waals surface area contributed by atoms with Crippen LogP contribution in [-0.2, 0) is 26.9 Å². The number of rotatable bonds is 2. The predicted molar refractivity (Wildman–Crippen MR) is 126 cm³/mol. The van der Waals surface area contributed by atoms with Crippen LogP contribution in [0.15, 0.2) is 30.5 Å². The van der Waals surface area contributed by atoms with Gasteiger partial charge in [0.2, 0.25) is 0 Å². The molecule has 0 radical (unpaired) electrons. The van der Waals surface area contributed by atoms with Gasteiger partial charge in [-0.1, -0.05) is 0 Å². The minimum absolute atomic E-state index is 0.292. The first-order valence-electron chi connectivity index (χ1n) is 11.5. The molecule has 2 N–H and O–H groups in total. The van der Waals surface area contributed by atoms with E-state index in [9.17, 15) is 4.39 Å². The summed E-state index contributed by atoms with van der Waals surface area (Å²) in [6, 6.07) is 6.59. The standard InChI is InChI=1S/C25H26FN7O/c1-13-18-10-16(26)6-7-17(18)24-20(30-33(3)31-24)11-21-23(15-9-22(34-13)25(27)28-12-15)19(29-32(21)2)8-14-4-5-14/h6-7,9-10,12-14H,4-5,8,11H2,1-3H3,(H2,27,28). The van der Waals surface area contributed by atoms with E-state index < -0.39 is 6.10 Å². The predicted octanol–water partition coefficient (Wildman–Crippen LogP) is 4.00. The molecule has 1 atom stereocenters. The Labute approximate surface area is 196 Å². The van der Waals surface area contributed by atoms with Crippen LogP contribution in [0.25, 0.3) is 22.4 Å². The molecule has 2 aliphatic rings. The van der Waals surface area contributed by atoms with E-state index in [2.05, 4.69) is 15.2 Å². The Hall–Kier alpha value is -3.75. The van der Waals surface area contributed by atoms with Crippen molar-refractivity contribution in [3.8, 4) is 28.1 Å². The number of hydrogen-bond donors (Lipinski definition) is 1. The van der Waals surface area contributed by atoms with Crippen LogP contribution in [0, 0.1) is 11.7 Å². The van der Waals surface area contributed by atoms with E-state index in [4.69, 9.17) is 15.6 Å². The van der Waals surface area contributed by atoms with Crippen molar-refractivity contribution in [2.45, 2.75) is 38.7 Å². The third-order valence-corrected chi connectivity index (χ3v) is 6.72. The van der Waals surface area contributed by atoms with Crippen LogP contribution in [0.5, 0.6) is 5.75 Å². The van der Waals surface area contributed by atoms with E-state index in [0.29, 0.717) is 35.2 Å². The zero-order valence-corrected chi connectivity index (χ0v) is 19.4. The van der Waals surface area contributed by atoms with Crippen LogP contribution in [0.2, 0.25) is 0 Å². The van der Waals surface area contributed by atoms with Gasteiger partial charge in [-0.3, -0.25) is 4.68 Å². The third kappa shape index (κ3) is 3.52. The fraction of sp³-hybridized carbons (Fsp3) is 0.360. The highest BCUT2D eigenvalue weighted by Crippen LogP contribution is 2.41. The number of halogens is 1. The van der Waals surface area contributed by atoms with Crippen molar-refractivity contribution in [2.24, 2.45) is 20.0 Å². The van der Waals surface area contributed by atoms with Crippen molar-refractivity contribution in [2.75, 3.05) is 5.73 Å². The number of nitrogen functional groups attached to an aromatic ring is 1. The first-order valence-corrected chi connectivity index (χ1v) is 11.5. The average Bonchev–Trinajstić information content (AvgIpc) is 3.46. The molecular weight excluding hydrogens is 433 g/mol. The van der Waals surface area contributed by atoms with Gasteiger partial charge in [-0.15, -0.1) is 0 Å². The number of hydrogen-bond acceptors (Lipinski definition) is 6. The number of anilines is 1. The minimum Gasteiger partial charge on any atom is -0.482 e. The molecule has 2 bridgehead atoms. The summed E-state index contributed by atoms with van der Waals surface area (Å²) in [6.45, 7) is 1.88. The van der Waals surface area contributed by atoms with Crippen molar-refractivity contribution < 1.29 is 9.13 Å². The van der Waals surface area contributed by atoms with E-state index >= 15 is 0 Å². The van der Waals surface area contributed by atoms with Crippen molar-refractivity contribution >= 4 is 5.82 Å². The van der Waals surface area contributed by atoms with Crippen molar-refractivity contribution in [3.63, 3.8) is 0 Å². The molecule has 1 fully saturated rings. The van der Waals surface area contributed by atoms with Crippen molar-refractivity contribution in [1.29, 1.82) is 0 Å². The van der Waals surface area contributed by atoms with Crippen LogP contribution in [0.3, 0.4) is 0 Å². The van der Waals surface area contributed by atoms with Gasteiger partial charge in [0.05, 0.1) is 17.1 Å². The lowest BCUT2D eigenvalue weighted by Gasteiger charge is -2.20. The molecule has 1 aliphatic carbocycles. The van der Waals surface area contributed by atoms with E-state index in [1.54, 1.807) is 24.1 Å². The molecule has 1 aliphatic heterocycles. The Balaban J connectivity index is 1.62. The van der Waals surface area contributed by atoms with Gasteiger partial charge in [0.25, 0.3) is 0 Å². The highest BCUT2D eigenvalue weighted by molar-refractivity contribution is 5.74. The number of nitrogens with zero attached hydrogens (tertiary/aromatic N) is 6. The molecule has 1 unspecified atom stereocenters. The number of ether oxygens (including phenoxy) is 1. The molecule has 1 saturated carbocycles. The maximum absolute atomic E-state index is 14.3. The van der Waals surface area contributed by atoms with E-state index in [1.807, 2.05) is 24.7 Å². The molecule has 4 aromatic rings. The number of nitrogens with two attached hydrogens (primary N) is 1. The molecule has 174 valence electrons. The van der Waals surface area contributed by atoms with E-state index in [-0.39, 0.29) is 5.82 Å². The summed E-state index contributed by atoms with van der Waals surface area (Å²) in [7, 11) is 3.76. The smallest absolute Gasteiger partial charge is 0.166 e. The molecule has 1 aromatic carbocycles. The van der Waals surface area contributed by atoms with Gasteiger partial charge in [0.1, 0.15) is 17.6 Å². The molecule has 34 heavy (non-hydrogen) atoms. The Morgan fingerprint density at radius 3 is 2.76 bits per heavy atom. The number of aromatic nitrogens is 6. The summed E-state index contributed by atoms with van der Waals surface area (Å²) in [5.41, 5.74) is 13.2. The Kier molecular flexibility index (Phi) is 4.68. The lowest BCUT2D eigenvalue weighted by Crippen LogP contribution is -2.10. The maximum atomic E-state index is 14.3. The van der Waals surface area contributed by atoms with Crippen LogP contribution >= 0.6 is 0 Å². The molecular formula is C25H26FN7O. The Bertz CT molecular complexity index is 1420. The molecule has 6 rings (SSSR count). The normalized spacial score (nSPS) is 17.1. The van der Waals surface area contributed by atoms with Crippen LogP contribution in [-0.4, -0.2) is 29.8 Å². The zero-order chi connectivity index (χ0) is 23.6. The first kappa shape index (κ1) is 20.8. The second-order valence-electron chi connectivity index (χ2n) is 9.30. The minimum atomic E-state index is -0.487. The molecule has 4 heterocycles. The van der Waals surface area contributed by atoms with Gasteiger partial charge in [0.15, 0.2) is 11.6 Å². The highest BCUT2D eigenvalue weighted by atomic mass is 19.1. The molecule has 8 nitrogen and oxygen atoms in total. The molecule has 0 amide bonds. The number of fused-ring (bicyclic) bond motifs is 7. The van der Waals surface area contributed by atoms with E-state index in [0.717, 1.165) is 40.2 Å². The van der Waals surface area contributed by atoms with Gasteiger partial charge in [-0.2, -0.15) is 20.1 Å². The molecule has 0 saturated heterocycles. The molecule has 3 aromatic heterocycles. The number of benzene rings is 1. The van der Waals surface area contributed by atoms with Crippen LogP contribution in [0.1, 0.15) is 48.5 Å². The summed E-state index contributed by atoms with van der Waals surface area (Å²) in [4.78, 5) is 6.00. The third-order valence-electron chi connectivity index (χ3n) is 6.72. The zero-order valence-electron chi connectivity index (χ0n) is 19.4. The summed E-state index contributed by atoms with van der Waals surface area (Å²) >= 11 is 0. The largest absolute Gasteiger partial charge is 0.482 e. The lowest BCUT2D eigenvalue weighted by molar-refractivity contribution is 0.227. The van der Waals surface area contributed by atoms with Crippen LogP contribution < -0.4 is 10.5 Å². The summed E-state index contributed by atoms with van der Waals surface area (Å²) in [6.07, 6.45) is 5.21. The number of aryl methyl sites for hydroxylation is 2. The first-order chi connectivity index (χ1) is 16.4. The fourth-order valence-electron chi connectivity index (χ4n) is 4.85. The average molecular weight is 460 g/mol. The second kappa shape index (κ2) is 7.65. The summed E-state index contributed by atoms with van der Waals surface area (Å²) in [5, 5.41) is 14.2. The highest BCUT2D eigenvalue weighted by Gasteiger charge is 2.29. The van der Waals surface area contributed by atoms with Crippen LogP contribution in [0.4, 0.5) is 10.2 Å². The Morgan fingerprint density at radius 1 is 1.15 bits per heavy atom. The van der Waals surface area contributed by atoms with Gasteiger partial charge >= 0.3 is 0 Å². The number of pyridine rings is 1. The monoisotopic (exact) mass is 459 g/mol. The van der Waals surface area contributed by atoms with Crippen molar-refractivity contribution in [1.82, 2.24) is 29.8 Å². The maximum Gasteiger partial charge on any atom is 0.166 e. The topological polar surface area (TPSA) is 96.7 Å². The summed E-state index contributed by atoms with van der Waals surface area (Å²) in [5.74, 6) is 1.09.